The first-order valence-electron chi connectivity index (χ1n) is 6.70. The van der Waals surface area contributed by atoms with Crippen molar-refractivity contribution in [2.45, 2.75) is 6.54 Å². The van der Waals surface area contributed by atoms with Crippen molar-refractivity contribution in [3.8, 4) is 5.69 Å². The lowest BCUT2D eigenvalue weighted by Crippen LogP contribution is -1.97. The van der Waals surface area contributed by atoms with Gasteiger partial charge in [0, 0.05) is 18.1 Å². The lowest BCUT2D eigenvalue weighted by Gasteiger charge is -2.05. The Bertz CT molecular complexity index is 682. The zero-order valence-corrected chi connectivity index (χ0v) is 11.2. The molecule has 0 N–H and O–H groups in total. The summed E-state index contributed by atoms with van der Waals surface area (Å²) in [5.41, 5.74) is 3.47. The molecule has 2 nitrogen and oxygen atoms in total. The average Bonchev–Trinajstić information content (AvgIpc) is 2.98. The zero-order chi connectivity index (χ0) is 13.6. The number of hydrogen-bond acceptors (Lipinski definition) is 1. The second kappa shape index (κ2) is 6.02. The van der Waals surface area contributed by atoms with Crippen molar-refractivity contribution in [1.82, 2.24) is 4.57 Å². The van der Waals surface area contributed by atoms with Crippen LogP contribution in [-0.2, 0) is 6.54 Å². The Morgan fingerprint density at radius 3 is 2.25 bits per heavy atom. The molecule has 0 atom stereocenters. The summed E-state index contributed by atoms with van der Waals surface area (Å²) >= 11 is 0. The van der Waals surface area contributed by atoms with Gasteiger partial charge in [-0.25, -0.2) is 0 Å². The van der Waals surface area contributed by atoms with E-state index in [2.05, 4.69) is 46.1 Å². The van der Waals surface area contributed by atoms with E-state index < -0.39 is 0 Å². The van der Waals surface area contributed by atoms with Crippen LogP contribution in [0.4, 0.5) is 0 Å². The predicted molar refractivity (Wildman–Crippen MR) is 83.5 cm³/mol. The number of benzene rings is 2. The van der Waals surface area contributed by atoms with Gasteiger partial charge in [-0.2, -0.15) is 0 Å². The summed E-state index contributed by atoms with van der Waals surface area (Å²) in [5.74, 6) is 0. The highest BCUT2D eigenvalue weighted by atomic mass is 15.0. The van der Waals surface area contributed by atoms with E-state index in [1.165, 1.54) is 5.56 Å². The van der Waals surface area contributed by atoms with Crippen molar-refractivity contribution in [1.29, 1.82) is 0 Å². The minimum absolute atomic E-state index is 0.709. The standard InChI is InChI=1S/C18H16N2/c1-3-8-16(9-4-1)14-19-15-18-12-7-13-20(18)17-10-5-2-6-11-17/h1-13,15H,14H2. The van der Waals surface area contributed by atoms with Crippen LogP contribution in [0.15, 0.2) is 84.0 Å². The number of rotatable bonds is 4. The summed E-state index contributed by atoms with van der Waals surface area (Å²) in [5, 5.41) is 0. The molecule has 0 aliphatic rings. The Hall–Kier alpha value is -2.61. The van der Waals surface area contributed by atoms with Crippen LogP contribution >= 0.6 is 0 Å². The van der Waals surface area contributed by atoms with Crippen molar-refractivity contribution in [2.75, 3.05) is 0 Å². The van der Waals surface area contributed by atoms with Crippen molar-refractivity contribution in [3.63, 3.8) is 0 Å². The number of aliphatic imine (C=N–C) groups is 1. The molecule has 0 radical (unpaired) electrons. The third-order valence-corrected chi connectivity index (χ3v) is 3.15. The predicted octanol–water partition coefficient (Wildman–Crippen LogP) is 4.10. The van der Waals surface area contributed by atoms with Crippen LogP contribution in [0, 0.1) is 0 Å². The van der Waals surface area contributed by atoms with E-state index in [0.29, 0.717) is 6.54 Å². The van der Waals surface area contributed by atoms with E-state index in [9.17, 15) is 0 Å². The Labute approximate surface area is 119 Å². The van der Waals surface area contributed by atoms with Crippen LogP contribution in [-0.4, -0.2) is 10.8 Å². The molecule has 0 aliphatic carbocycles. The first-order valence-corrected chi connectivity index (χ1v) is 6.70. The Kier molecular flexibility index (Phi) is 3.74. The number of aromatic nitrogens is 1. The summed E-state index contributed by atoms with van der Waals surface area (Å²) in [6.07, 6.45) is 3.99. The van der Waals surface area contributed by atoms with E-state index in [4.69, 9.17) is 0 Å². The van der Waals surface area contributed by atoms with Gasteiger partial charge in [-0.1, -0.05) is 48.5 Å². The highest BCUT2D eigenvalue weighted by molar-refractivity contribution is 5.78. The molecule has 20 heavy (non-hydrogen) atoms. The number of para-hydroxylation sites is 1. The molecule has 1 heterocycles. The van der Waals surface area contributed by atoms with Gasteiger partial charge in [0.2, 0.25) is 0 Å². The maximum absolute atomic E-state index is 4.52. The summed E-state index contributed by atoms with van der Waals surface area (Å²) in [6, 6.07) is 24.7. The van der Waals surface area contributed by atoms with Gasteiger partial charge in [0.25, 0.3) is 0 Å². The molecule has 0 saturated carbocycles. The van der Waals surface area contributed by atoms with Gasteiger partial charge in [-0.3, -0.25) is 4.99 Å². The third-order valence-electron chi connectivity index (χ3n) is 3.15. The van der Waals surface area contributed by atoms with Gasteiger partial charge >= 0.3 is 0 Å². The fraction of sp³-hybridized carbons (Fsp3) is 0.0556. The van der Waals surface area contributed by atoms with Crippen LogP contribution in [0.1, 0.15) is 11.3 Å². The first kappa shape index (κ1) is 12.4. The van der Waals surface area contributed by atoms with Crippen molar-refractivity contribution >= 4 is 6.21 Å². The van der Waals surface area contributed by atoms with Crippen molar-refractivity contribution in [3.05, 3.63) is 90.3 Å². The normalized spacial score (nSPS) is 11.0. The SMILES string of the molecule is C(=NCc1ccccc1)c1cccn1-c1ccccc1. The number of nitrogens with zero attached hydrogens (tertiary/aromatic N) is 2. The molecule has 2 aromatic carbocycles. The van der Waals surface area contributed by atoms with Crippen LogP contribution in [0.25, 0.3) is 5.69 Å². The molecule has 0 saturated heterocycles. The summed E-state index contributed by atoms with van der Waals surface area (Å²) in [4.78, 5) is 4.52. The lowest BCUT2D eigenvalue weighted by atomic mass is 10.2. The van der Waals surface area contributed by atoms with E-state index >= 15 is 0 Å². The quantitative estimate of drug-likeness (QED) is 0.628. The van der Waals surface area contributed by atoms with Gasteiger partial charge < -0.3 is 4.57 Å². The van der Waals surface area contributed by atoms with Crippen LogP contribution < -0.4 is 0 Å². The largest absolute Gasteiger partial charge is 0.316 e. The minimum Gasteiger partial charge on any atom is -0.316 e. The molecule has 0 aliphatic heterocycles. The van der Waals surface area contributed by atoms with Gasteiger partial charge in [0.05, 0.1) is 12.2 Å². The molecular weight excluding hydrogens is 244 g/mol. The summed E-state index contributed by atoms with van der Waals surface area (Å²) < 4.78 is 2.13. The Balaban J connectivity index is 1.77. The molecule has 0 bridgehead atoms. The van der Waals surface area contributed by atoms with E-state index in [0.717, 1.165) is 11.4 Å². The minimum atomic E-state index is 0.709. The van der Waals surface area contributed by atoms with Gasteiger partial charge in [0.1, 0.15) is 0 Å². The van der Waals surface area contributed by atoms with E-state index in [1.807, 2.05) is 48.7 Å². The molecule has 0 spiro atoms. The average molecular weight is 260 g/mol. The maximum atomic E-state index is 4.52. The van der Waals surface area contributed by atoms with Crippen molar-refractivity contribution in [2.24, 2.45) is 4.99 Å². The Morgan fingerprint density at radius 2 is 1.50 bits per heavy atom. The van der Waals surface area contributed by atoms with Gasteiger partial charge in [-0.05, 0) is 29.8 Å². The molecule has 0 amide bonds. The number of hydrogen-bond donors (Lipinski definition) is 0. The molecule has 3 rings (SSSR count). The van der Waals surface area contributed by atoms with Gasteiger partial charge in [-0.15, -0.1) is 0 Å². The topological polar surface area (TPSA) is 17.3 Å². The third kappa shape index (κ3) is 2.86. The molecule has 0 fully saturated rings. The Morgan fingerprint density at radius 1 is 0.800 bits per heavy atom. The lowest BCUT2D eigenvalue weighted by molar-refractivity contribution is 1.04. The molecule has 98 valence electrons. The second-order valence-corrected chi connectivity index (χ2v) is 4.59. The highest BCUT2D eigenvalue weighted by Crippen LogP contribution is 2.11. The van der Waals surface area contributed by atoms with E-state index in [1.54, 1.807) is 0 Å². The summed E-state index contributed by atoms with van der Waals surface area (Å²) in [6.45, 7) is 0.709. The van der Waals surface area contributed by atoms with Crippen LogP contribution in [0.5, 0.6) is 0 Å². The molecule has 0 unspecified atom stereocenters. The smallest absolute Gasteiger partial charge is 0.0640 e. The molecule has 1 aromatic heterocycles. The van der Waals surface area contributed by atoms with Gasteiger partial charge in [0.15, 0.2) is 0 Å². The monoisotopic (exact) mass is 260 g/mol. The van der Waals surface area contributed by atoms with Crippen LogP contribution in [0.3, 0.4) is 0 Å². The fourth-order valence-corrected chi connectivity index (χ4v) is 2.15. The zero-order valence-electron chi connectivity index (χ0n) is 11.2. The maximum Gasteiger partial charge on any atom is 0.0640 e. The fourth-order valence-electron chi connectivity index (χ4n) is 2.15. The summed E-state index contributed by atoms with van der Waals surface area (Å²) in [7, 11) is 0. The molecular formula is C18H16N2. The molecule has 2 heteroatoms. The van der Waals surface area contributed by atoms with Crippen LogP contribution in [0.2, 0.25) is 0 Å². The second-order valence-electron chi connectivity index (χ2n) is 4.59. The highest BCUT2D eigenvalue weighted by Gasteiger charge is 1.99. The molecule has 3 aromatic rings. The van der Waals surface area contributed by atoms with Crippen molar-refractivity contribution < 1.29 is 0 Å². The van der Waals surface area contributed by atoms with E-state index in [-0.39, 0.29) is 0 Å². The first-order chi connectivity index (χ1) is 9.93.